The molecule has 2 nitrogen and oxygen atoms in total. The van der Waals surface area contributed by atoms with Gasteiger partial charge in [-0.2, -0.15) is 0 Å². The van der Waals surface area contributed by atoms with E-state index in [1.165, 1.54) is 13.5 Å². The first-order chi connectivity index (χ1) is 2.77. The summed E-state index contributed by atoms with van der Waals surface area (Å²) in [6.45, 7) is 2.90. The zero-order valence-electron chi connectivity index (χ0n) is 5.39. The van der Waals surface area contributed by atoms with Crippen molar-refractivity contribution in [2.75, 3.05) is 7.05 Å². The molecule has 0 unspecified atom stereocenters. The Morgan fingerprint density at radius 2 is 2.00 bits per heavy atom. The Kier molecular flexibility index (Phi) is 20.1. The van der Waals surface area contributed by atoms with Crippen LogP contribution in [-0.2, 0) is 25.9 Å². The fourth-order valence-corrected chi connectivity index (χ4v) is 0.203. The summed E-state index contributed by atoms with van der Waals surface area (Å²) in [4.78, 5) is 9.93. The van der Waals surface area contributed by atoms with E-state index in [1.807, 2.05) is 0 Å². The largest absolute Gasteiger partial charge is 2.00 e. The van der Waals surface area contributed by atoms with Crippen LogP contribution < -0.4 is 5.32 Å². The van der Waals surface area contributed by atoms with E-state index in [9.17, 15) is 4.79 Å². The van der Waals surface area contributed by atoms with Crippen LogP contribution in [0.5, 0.6) is 0 Å². The van der Waals surface area contributed by atoms with Gasteiger partial charge in [0.2, 0.25) is 0 Å². The summed E-state index contributed by atoms with van der Waals surface area (Å²) in [5.74, 6) is 0.0532. The van der Waals surface area contributed by atoms with E-state index in [0.717, 1.165) is 0 Å². The molecule has 1 N–H and O–H groups in total. The van der Waals surface area contributed by atoms with Crippen LogP contribution in [0.15, 0.2) is 0 Å². The normalized spacial score (nSPS) is 5.75. The van der Waals surface area contributed by atoms with Gasteiger partial charge in [0.1, 0.15) is 0 Å². The van der Waals surface area contributed by atoms with Gasteiger partial charge in [0.25, 0.3) is 0 Å². The number of hydrogen-bond donors (Lipinski definition) is 1. The summed E-state index contributed by atoms with van der Waals surface area (Å²) in [5.41, 5.74) is 0. The molecule has 0 aromatic heterocycles. The number of likely N-dealkylation sites (N-methyl/N-ethyl adjacent to an activating group) is 1. The van der Waals surface area contributed by atoms with E-state index in [-0.39, 0.29) is 34.3 Å². The third-order valence-corrected chi connectivity index (χ3v) is 0.348. The number of carbonyl (C=O) groups excluding carboxylic acids is 1. The molecule has 0 radical (unpaired) electrons. The van der Waals surface area contributed by atoms with Crippen molar-refractivity contribution in [2.24, 2.45) is 0 Å². The molecular formula is C5H11NOW. The summed E-state index contributed by atoms with van der Waals surface area (Å²) in [6, 6.07) is 0. The second-order valence-corrected chi connectivity index (χ2v) is 1.04. The minimum Gasteiger partial charge on any atom is -0.450 e. The van der Waals surface area contributed by atoms with Crippen molar-refractivity contribution >= 4 is 5.78 Å². The first-order valence-corrected chi connectivity index (χ1v) is 1.78. The van der Waals surface area contributed by atoms with Gasteiger partial charge < -0.3 is 17.5 Å². The maximum Gasteiger partial charge on any atom is 2.00 e. The molecule has 0 fully saturated rings. The fourth-order valence-electron chi connectivity index (χ4n) is 0.203. The summed E-state index contributed by atoms with van der Waals surface area (Å²) >= 11 is 0. The molecule has 3 heteroatoms. The molecule has 0 aromatic rings. The molecule has 0 bridgehead atoms. The molecule has 0 aromatic carbocycles. The molecule has 0 rings (SSSR count). The van der Waals surface area contributed by atoms with Crippen LogP contribution in [0.2, 0.25) is 0 Å². The Balaban J connectivity index is -0.000000125. The summed E-state index contributed by atoms with van der Waals surface area (Å²) in [6.07, 6.45) is 0. The van der Waals surface area contributed by atoms with Gasteiger partial charge in [-0.15, -0.1) is 0 Å². The van der Waals surface area contributed by atoms with E-state index in [0.29, 0.717) is 0 Å². The Hall–Kier alpha value is 0.188. The number of ketones is 1. The first kappa shape index (κ1) is 15.7. The Morgan fingerprint density at radius 3 is 2.00 bits per heavy atom. The third kappa shape index (κ3) is 16.4. The fraction of sp³-hybridized carbons (Fsp3) is 0.400. The van der Waals surface area contributed by atoms with Crippen LogP contribution in [0, 0.1) is 14.0 Å². The molecule has 8 heavy (non-hydrogen) atoms. The molecule has 0 amide bonds. The minimum atomic E-state index is 0. The van der Waals surface area contributed by atoms with Crippen LogP contribution in [0.3, 0.4) is 0 Å². The van der Waals surface area contributed by atoms with Crippen LogP contribution in [0.25, 0.3) is 0 Å². The van der Waals surface area contributed by atoms with E-state index >= 15 is 0 Å². The first-order valence-electron chi connectivity index (χ1n) is 1.78. The smallest absolute Gasteiger partial charge is 0.450 e. The van der Waals surface area contributed by atoms with Gasteiger partial charge in [0, 0.05) is 5.78 Å². The van der Waals surface area contributed by atoms with Crippen molar-refractivity contribution < 1.29 is 25.9 Å². The number of nitrogens with one attached hydrogen (secondary N) is 1. The monoisotopic (exact) mass is 285 g/mol. The Bertz CT molecular complexity index is 56.4. The Morgan fingerprint density at radius 1 is 1.62 bits per heavy atom. The van der Waals surface area contributed by atoms with E-state index < -0.39 is 0 Å². The number of carbonyl (C=O) groups is 1. The van der Waals surface area contributed by atoms with Gasteiger partial charge in [-0.05, 0) is 14.0 Å². The van der Waals surface area contributed by atoms with Gasteiger partial charge in [0.15, 0.2) is 0 Å². The predicted octanol–water partition coefficient (Wildman–Crippen LogP) is 0.404. The topological polar surface area (TPSA) is 29.1 Å². The SMILES string of the molecule is CN[CH-]C(C)=O.[CH3-].[W+2]. The van der Waals surface area contributed by atoms with Gasteiger partial charge in [-0.1, -0.05) is 0 Å². The molecule has 0 saturated heterocycles. The molecule has 0 aliphatic heterocycles. The second-order valence-electron chi connectivity index (χ2n) is 1.04. The standard InChI is InChI=1S/C4H8NO.CH3.W/c1-4(6)3-5-2;;/h3,5H,1-2H3;1H3;/q2*-1;+2. The average molecular weight is 285 g/mol. The average Bonchev–Trinajstić information content (AvgIpc) is 1.35. The molecular weight excluding hydrogens is 274 g/mol. The number of hydrogen-bond acceptors (Lipinski definition) is 2. The molecule has 48 valence electrons. The zero-order chi connectivity index (χ0) is 4.99. The maximum absolute atomic E-state index is 9.93. The minimum absolute atomic E-state index is 0. The van der Waals surface area contributed by atoms with Crippen LogP contribution >= 0.6 is 0 Å². The van der Waals surface area contributed by atoms with Crippen LogP contribution in [0.4, 0.5) is 0 Å². The second kappa shape index (κ2) is 10.2. The molecule has 0 atom stereocenters. The Labute approximate surface area is 65.3 Å². The van der Waals surface area contributed by atoms with E-state index in [2.05, 4.69) is 5.32 Å². The van der Waals surface area contributed by atoms with Crippen molar-refractivity contribution in [2.45, 2.75) is 6.92 Å². The predicted molar refractivity (Wildman–Crippen MR) is 30.5 cm³/mol. The van der Waals surface area contributed by atoms with E-state index in [1.54, 1.807) is 7.05 Å². The van der Waals surface area contributed by atoms with Crippen molar-refractivity contribution in [1.29, 1.82) is 0 Å². The van der Waals surface area contributed by atoms with Gasteiger partial charge >= 0.3 is 21.1 Å². The summed E-state index contributed by atoms with van der Waals surface area (Å²) in [7, 11) is 1.70. The maximum atomic E-state index is 9.93. The van der Waals surface area contributed by atoms with Crippen LogP contribution in [0.1, 0.15) is 6.92 Å². The molecule has 0 spiro atoms. The van der Waals surface area contributed by atoms with Gasteiger partial charge in [0.05, 0.1) is 0 Å². The summed E-state index contributed by atoms with van der Waals surface area (Å²) in [5, 5.41) is 2.59. The van der Waals surface area contributed by atoms with Crippen LogP contribution in [-0.4, -0.2) is 12.8 Å². The number of Topliss-reactive ketones (excluding diaryl/α,β-unsaturated/α-hetero) is 1. The zero-order valence-corrected chi connectivity index (χ0v) is 8.33. The summed E-state index contributed by atoms with van der Waals surface area (Å²) < 4.78 is 0. The van der Waals surface area contributed by atoms with Crippen molar-refractivity contribution in [1.82, 2.24) is 5.32 Å². The molecule has 0 aliphatic carbocycles. The molecule has 0 aliphatic rings. The van der Waals surface area contributed by atoms with Gasteiger partial charge in [-0.3, -0.25) is 6.54 Å². The molecule has 0 saturated carbocycles. The molecule has 0 heterocycles. The van der Waals surface area contributed by atoms with Gasteiger partial charge in [-0.25, -0.2) is 0 Å². The van der Waals surface area contributed by atoms with Crippen molar-refractivity contribution in [3.05, 3.63) is 14.0 Å². The van der Waals surface area contributed by atoms with Crippen molar-refractivity contribution in [3.8, 4) is 0 Å². The quantitative estimate of drug-likeness (QED) is 0.744. The number of rotatable bonds is 2. The van der Waals surface area contributed by atoms with Crippen molar-refractivity contribution in [3.63, 3.8) is 0 Å². The van der Waals surface area contributed by atoms with E-state index in [4.69, 9.17) is 0 Å². The third-order valence-electron chi connectivity index (χ3n) is 0.348.